The number of hydrogen-bond donors (Lipinski definition) is 1. The van der Waals surface area contributed by atoms with E-state index < -0.39 is 0 Å². The van der Waals surface area contributed by atoms with Crippen molar-refractivity contribution >= 4 is 16.5 Å². The fourth-order valence-corrected chi connectivity index (χ4v) is 1.78. The van der Waals surface area contributed by atoms with Crippen LogP contribution in [0, 0.1) is 0 Å². The molecule has 0 aliphatic heterocycles. The van der Waals surface area contributed by atoms with Crippen LogP contribution in [0.25, 0.3) is 10.8 Å². The SMILES string of the molecule is COCC(C)Oc1ccc(N)c2ccncc12. The number of aromatic nitrogens is 1. The van der Waals surface area contributed by atoms with Crippen LogP contribution >= 0.6 is 0 Å². The minimum absolute atomic E-state index is 0.00738. The first kappa shape index (κ1) is 11.7. The molecule has 0 saturated heterocycles. The largest absolute Gasteiger partial charge is 0.488 e. The van der Waals surface area contributed by atoms with Gasteiger partial charge in [0.25, 0.3) is 0 Å². The second-order valence-corrected chi connectivity index (χ2v) is 3.96. The molecule has 0 aliphatic carbocycles. The summed E-state index contributed by atoms with van der Waals surface area (Å²) in [5, 5.41) is 1.89. The molecule has 1 atom stereocenters. The normalized spacial score (nSPS) is 12.6. The van der Waals surface area contributed by atoms with Crippen molar-refractivity contribution in [1.82, 2.24) is 4.98 Å². The van der Waals surface area contributed by atoms with E-state index in [1.807, 2.05) is 25.1 Å². The number of nitrogens with two attached hydrogens (primary N) is 1. The van der Waals surface area contributed by atoms with E-state index in [0.29, 0.717) is 6.61 Å². The molecule has 0 radical (unpaired) electrons. The highest BCUT2D eigenvalue weighted by Crippen LogP contribution is 2.29. The number of nitrogens with zero attached hydrogens (tertiary/aromatic N) is 1. The quantitative estimate of drug-likeness (QED) is 0.821. The molecule has 1 heterocycles. The highest BCUT2D eigenvalue weighted by molar-refractivity contribution is 5.96. The minimum atomic E-state index is -0.00738. The Balaban J connectivity index is 2.38. The summed E-state index contributed by atoms with van der Waals surface area (Å²) in [4.78, 5) is 4.10. The summed E-state index contributed by atoms with van der Waals surface area (Å²) in [6.45, 7) is 2.51. The highest BCUT2D eigenvalue weighted by Gasteiger charge is 2.08. The monoisotopic (exact) mass is 232 g/mol. The summed E-state index contributed by atoms with van der Waals surface area (Å²) in [6.07, 6.45) is 3.48. The molecule has 0 fully saturated rings. The van der Waals surface area contributed by atoms with Crippen molar-refractivity contribution in [3.8, 4) is 5.75 Å². The zero-order valence-electron chi connectivity index (χ0n) is 10.0. The molecule has 0 aliphatic rings. The molecule has 0 spiro atoms. The predicted molar refractivity (Wildman–Crippen MR) is 68.1 cm³/mol. The number of rotatable bonds is 4. The van der Waals surface area contributed by atoms with Gasteiger partial charge in [0.1, 0.15) is 11.9 Å². The Hall–Kier alpha value is -1.81. The zero-order chi connectivity index (χ0) is 12.3. The van der Waals surface area contributed by atoms with Gasteiger partial charge in [-0.3, -0.25) is 4.98 Å². The molecule has 2 aromatic rings. The maximum atomic E-state index is 5.91. The van der Waals surface area contributed by atoms with Crippen LogP contribution in [-0.4, -0.2) is 24.8 Å². The molecule has 1 unspecified atom stereocenters. The van der Waals surface area contributed by atoms with Crippen LogP contribution in [0.4, 0.5) is 5.69 Å². The molecular weight excluding hydrogens is 216 g/mol. The van der Waals surface area contributed by atoms with Crippen LogP contribution in [0.3, 0.4) is 0 Å². The Morgan fingerprint density at radius 2 is 2.12 bits per heavy atom. The van der Waals surface area contributed by atoms with Gasteiger partial charge in [-0.25, -0.2) is 0 Å². The molecule has 1 aromatic carbocycles. The molecular formula is C13H16N2O2. The van der Waals surface area contributed by atoms with Crippen LogP contribution in [0.15, 0.2) is 30.6 Å². The van der Waals surface area contributed by atoms with Crippen LogP contribution in [0.1, 0.15) is 6.92 Å². The number of hydrogen-bond acceptors (Lipinski definition) is 4. The molecule has 0 amide bonds. The van der Waals surface area contributed by atoms with Gasteiger partial charge in [0, 0.05) is 36.0 Å². The minimum Gasteiger partial charge on any atom is -0.488 e. The standard InChI is InChI=1S/C13H16N2O2/c1-9(8-16-2)17-13-4-3-12(14)10-5-6-15-7-11(10)13/h3-7,9H,8,14H2,1-2H3. The third-order valence-corrected chi connectivity index (χ3v) is 2.54. The van der Waals surface area contributed by atoms with Gasteiger partial charge in [0.05, 0.1) is 6.61 Å². The van der Waals surface area contributed by atoms with E-state index in [0.717, 1.165) is 22.2 Å². The average molecular weight is 232 g/mol. The molecule has 2 rings (SSSR count). The summed E-state index contributed by atoms with van der Waals surface area (Å²) < 4.78 is 10.8. The van der Waals surface area contributed by atoms with Crippen molar-refractivity contribution in [3.05, 3.63) is 30.6 Å². The van der Waals surface area contributed by atoms with Crippen molar-refractivity contribution in [3.63, 3.8) is 0 Å². The van der Waals surface area contributed by atoms with Crippen molar-refractivity contribution in [2.24, 2.45) is 0 Å². The van der Waals surface area contributed by atoms with Crippen molar-refractivity contribution in [2.45, 2.75) is 13.0 Å². The van der Waals surface area contributed by atoms with Crippen molar-refractivity contribution in [1.29, 1.82) is 0 Å². The number of nitrogen functional groups attached to an aromatic ring is 1. The second-order valence-electron chi connectivity index (χ2n) is 3.96. The lowest BCUT2D eigenvalue weighted by atomic mass is 10.1. The fraction of sp³-hybridized carbons (Fsp3) is 0.308. The van der Waals surface area contributed by atoms with Crippen LogP contribution in [-0.2, 0) is 4.74 Å². The highest BCUT2D eigenvalue weighted by atomic mass is 16.5. The molecule has 0 bridgehead atoms. The summed E-state index contributed by atoms with van der Waals surface area (Å²) >= 11 is 0. The lowest BCUT2D eigenvalue weighted by Crippen LogP contribution is -2.18. The van der Waals surface area contributed by atoms with Gasteiger partial charge in [0.15, 0.2) is 0 Å². The molecule has 17 heavy (non-hydrogen) atoms. The second kappa shape index (κ2) is 5.01. The van der Waals surface area contributed by atoms with Gasteiger partial charge in [-0.05, 0) is 25.1 Å². The topological polar surface area (TPSA) is 57.4 Å². The fourth-order valence-electron chi connectivity index (χ4n) is 1.78. The van der Waals surface area contributed by atoms with E-state index in [9.17, 15) is 0 Å². The average Bonchev–Trinajstić information content (AvgIpc) is 2.34. The van der Waals surface area contributed by atoms with Crippen LogP contribution in [0.5, 0.6) is 5.75 Å². The summed E-state index contributed by atoms with van der Waals surface area (Å²) in [5.74, 6) is 0.784. The first-order chi connectivity index (χ1) is 8.22. The number of ether oxygens (including phenoxy) is 2. The van der Waals surface area contributed by atoms with Gasteiger partial charge >= 0.3 is 0 Å². The lowest BCUT2D eigenvalue weighted by Gasteiger charge is -2.15. The van der Waals surface area contributed by atoms with Gasteiger partial charge in [-0.15, -0.1) is 0 Å². The van der Waals surface area contributed by atoms with E-state index in [-0.39, 0.29) is 6.10 Å². The number of benzene rings is 1. The molecule has 0 saturated carbocycles. The third-order valence-electron chi connectivity index (χ3n) is 2.54. The van der Waals surface area contributed by atoms with Gasteiger partial charge < -0.3 is 15.2 Å². The first-order valence-electron chi connectivity index (χ1n) is 5.50. The Morgan fingerprint density at radius 3 is 2.88 bits per heavy atom. The van der Waals surface area contributed by atoms with Gasteiger partial charge in [-0.1, -0.05) is 0 Å². The Bertz CT molecular complexity index is 514. The Morgan fingerprint density at radius 1 is 1.29 bits per heavy atom. The van der Waals surface area contributed by atoms with Gasteiger partial charge in [0.2, 0.25) is 0 Å². The summed E-state index contributed by atoms with van der Waals surface area (Å²) in [5.41, 5.74) is 6.64. The Kier molecular flexibility index (Phi) is 3.44. The van der Waals surface area contributed by atoms with E-state index in [2.05, 4.69) is 4.98 Å². The van der Waals surface area contributed by atoms with E-state index in [1.165, 1.54) is 0 Å². The zero-order valence-corrected chi connectivity index (χ0v) is 10.0. The number of pyridine rings is 1. The third kappa shape index (κ3) is 2.47. The molecule has 2 N–H and O–H groups in total. The van der Waals surface area contributed by atoms with E-state index >= 15 is 0 Å². The van der Waals surface area contributed by atoms with Crippen molar-refractivity contribution in [2.75, 3.05) is 19.5 Å². The van der Waals surface area contributed by atoms with E-state index in [1.54, 1.807) is 19.5 Å². The van der Waals surface area contributed by atoms with Crippen LogP contribution in [0.2, 0.25) is 0 Å². The van der Waals surface area contributed by atoms with Crippen LogP contribution < -0.4 is 10.5 Å². The van der Waals surface area contributed by atoms with Gasteiger partial charge in [-0.2, -0.15) is 0 Å². The van der Waals surface area contributed by atoms with Crippen molar-refractivity contribution < 1.29 is 9.47 Å². The molecule has 4 heteroatoms. The molecule has 4 nitrogen and oxygen atoms in total. The maximum absolute atomic E-state index is 5.91. The number of methoxy groups -OCH3 is 1. The maximum Gasteiger partial charge on any atom is 0.129 e. The number of anilines is 1. The Labute approximate surface area is 100 Å². The molecule has 1 aromatic heterocycles. The van der Waals surface area contributed by atoms with E-state index in [4.69, 9.17) is 15.2 Å². The molecule has 90 valence electrons. The summed E-state index contributed by atoms with van der Waals surface area (Å²) in [7, 11) is 1.66. The lowest BCUT2D eigenvalue weighted by molar-refractivity contribution is 0.0931. The first-order valence-corrected chi connectivity index (χ1v) is 5.50. The smallest absolute Gasteiger partial charge is 0.129 e. The summed E-state index contributed by atoms with van der Waals surface area (Å²) in [6, 6.07) is 5.60. The number of fused-ring (bicyclic) bond motifs is 1. The predicted octanol–water partition coefficient (Wildman–Crippen LogP) is 2.23.